The highest BCUT2D eigenvalue weighted by Gasteiger charge is 2.31. The van der Waals surface area contributed by atoms with Gasteiger partial charge in [-0.2, -0.15) is 0 Å². The van der Waals surface area contributed by atoms with Crippen molar-refractivity contribution in [2.45, 2.75) is 63.5 Å². The lowest BCUT2D eigenvalue weighted by molar-refractivity contribution is -0.148. The Morgan fingerprint density at radius 1 is 1.10 bits per heavy atom. The molecule has 5 nitrogen and oxygen atoms in total. The van der Waals surface area contributed by atoms with Crippen molar-refractivity contribution in [3.63, 3.8) is 0 Å². The Labute approximate surface area is 121 Å². The molecule has 0 aromatic heterocycles. The number of carbonyl (C=O) groups is 2. The first-order valence-electron chi connectivity index (χ1n) is 7.82. The quantitative estimate of drug-likeness (QED) is 0.793. The van der Waals surface area contributed by atoms with Gasteiger partial charge in [0.25, 0.3) is 0 Å². The van der Waals surface area contributed by atoms with Gasteiger partial charge in [0.1, 0.15) is 6.04 Å². The van der Waals surface area contributed by atoms with Gasteiger partial charge in [0.2, 0.25) is 5.91 Å². The minimum absolute atomic E-state index is 0.0488. The second-order valence-corrected chi connectivity index (χ2v) is 5.91. The van der Waals surface area contributed by atoms with Crippen LogP contribution in [0.3, 0.4) is 0 Å². The Bertz CT molecular complexity index is 340. The Hall–Kier alpha value is -1.10. The monoisotopic (exact) mass is 282 g/mol. The van der Waals surface area contributed by atoms with E-state index >= 15 is 0 Å². The number of esters is 1. The summed E-state index contributed by atoms with van der Waals surface area (Å²) in [5.74, 6) is -0.164. The van der Waals surface area contributed by atoms with Gasteiger partial charge in [0.15, 0.2) is 0 Å². The molecule has 0 aromatic rings. The summed E-state index contributed by atoms with van der Waals surface area (Å²) in [5, 5.41) is 3.11. The van der Waals surface area contributed by atoms with Crippen LogP contribution in [0.1, 0.15) is 51.4 Å². The number of nitrogens with zero attached hydrogens (tertiary/aromatic N) is 1. The molecule has 5 heteroatoms. The van der Waals surface area contributed by atoms with Crippen LogP contribution in [0.15, 0.2) is 0 Å². The van der Waals surface area contributed by atoms with Crippen molar-refractivity contribution in [3.8, 4) is 0 Å². The lowest BCUT2D eigenvalue weighted by atomic mass is 9.95. The number of hydrogen-bond donors (Lipinski definition) is 1. The first kappa shape index (κ1) is 15.3. The zero-order valence-corrected chi connectivity index (χ0v) is 12.4. The van der Waals surface area contributed by atoms with E-state index in [1.54, 1.807) is 0 Å². The first-order valence-corrected chi connectivity index (χ1v) is 7.82. The average Bonchev–Trinajstić information content (AvgIpc) is 2.48. The van der Waals surface area contributed by atoms with Crippen LogP contribution >= 0.6 is 0 Å². The van der Waals surface area contributed by atoms with Gasteiger partial charge < -0.3 is 10.1 Å². The van der Waals surface area contributed by atoms with E-state index in [0.717, 1.165) is 38.6 Å². The summed E-state index contributed by atoms with van der Waals surface area (Å²) < 4.78 is 4.84. The number of methoxy groups -OCH3 is 1. The van der Waals surface area contributed by atoms with Crippen molar-refractivity contribution in [2.24, 2.45) is 0 Å². The number of nitrogens with one attached hydrogen (secondary N) is 1. The van der Waals surface area contributed by atoms with Crippen molar-refractivity contribution in [3.05, 3.63) is 0 Å². The van der Waals surface area contributed by atoms with Crippen molar-refractivity contribution < 1.29 is 14.3 Å². The van der Waals surface area contributed by atoms with Crippen LogP contribution in [0, 0.1) is 0 Å². The van der Waals surface area contributed by atoms with Gasteiger partial charge in [-0.1, -0.05) is 25.7 Å². The lowest BCUT2D eigenvalue weighted by Crippen LogP contribution is -2.50. The van der Waals surface area contributed by atoms with Crippen molar-refractivity contribution in [1.29, 1.82) is 0 Å². The summed E-state index contributed by atoms with van der Waals surface area (Å²) in [4.78, 5) is 25.9. The number of amides is 1. The minimum atomic E-state index is -0.245. The van der Waals surface area contributed by atoms with E-state index in [9.17, 15) is 9.59 Å². The maximum atomic E-state index is 12.1. The Kier molecular flexibility index (Phi) is 5.83. The molecular formula is C15H26N2O3. The summed E-state index contributed by atoms with van der Waals surface area (Å²) in [6.07, 6.45) is 8.74. The maximum absolute atomic E-state index is 12.1. The van der Waals surface area contributed by atoms with Crippen molar-refractivity contribution in [1.82, 2.24) is 10.2 Å². The molecule has 1 atom stereocenters. The normalized spacial score (nSPS) is 25.1. The van der Waals surface area contributed by atoms with Gasteiger partial charge in [-0.25, -0.2) is 0 Å². The lowest BCUT2D eigenvalue weighted by Gasteiger charge is -2.33. The van der Waals surface area contributed by atoms with Crippen LogP contribution in [-0.4, -0.2) is 49.1 Å². The molecule has 1 aliphatic carbocycles. The van der Waals surface area contributed by atoms with Gasteiger partial charge in [0.05, 0.1) is 13.7 Å². The minimum Gasteiger partial charge on any atom is -0.468 e. The van der Waals surface area contributed by atoms with Crippen LogP contribution in [0.5, 0.6) is 0 Å². The second kappa shape index (κ2) is 7.62. The third-order valence-electron chi connectivity index (χ3n) is 4.40. The number of rotatable bonds is 4. The standard InChI is InChI=1S/C15H26N2O3/c1-20-15(19)13-9-5-6-10-17(13)11-14(18)16-12-7-3-2-4-8-12/h12-13H,2-11H2,1H3,(H,16,18). The van der Waals surface area contributed by atoms with Gasteiger partial charge in [-0.05, 0) is 32.2 Å². The molecule has 1 unspecified atom stereocenters. The van der Waals surface area contributed by atoms with E-state index in [0.29, 0.717) is 12.6 Å². The highest BCUT2D eigenvalue weighted by molar-refractivity contribution is 5.80. The van der Waals surface area contributed by atoms with Gasteiger partial charge in [0, 0.05) is 6.04 Å². The molecule has 0 radical (unpaired) electrons. The summed E-state index contributed by atoms with van der Waals surface area (Å²) in [5.41, 5.74) is 0. The molecule has 2 aliphatic rings. The highest BCUT2D eigenvalue weighted by Crippen LogP contribution is 2.19. The molecule has 20 heavy (non-hydrogen) atoms. The molecule has 1 N–H and O–H groups in total. The number of ether oxygens (including phenoxy) is 1. The highest BCUT2D eigenvalue weighted by atomic mass is 16.5. The van der Waals surface area contributed by atoms with E-state index in [4.69, 9.17) is 4.74 Å². The van der Waals surface area contributed by atoms with Crippen LogP contribution in [-0.2, 0) is 14.3 Å². The molecule has 114 valence electrons. The fourth-order valence-corrected chi connectivity index (χ4v) is 3.29. The van der Waals surface area contributed by atoms with E-state index in [2.05, 4.69) is 5.32 Å². The topological polar surface area (TPSA) is 58.6 Å². The molecule has 0 bridgehead atoms. The molecule has 1 amide bonds. The van der Waals surface area contributed by atoms with E-state index in [-0.39, 0.29) is 17.9 Å². The molecule has 2 rings (SSSR count). The van der Waals surface area contributed by atoms with E-state index in [1.165, 1.54) is 26.4 Å². The smallest absolute Gasteiger partial charge is 0.323 e. The Balaban J connectivity index is 1.82. The van der Waals surface area contributed by atoms with Crippen LogP contribution in [0.25, 0.3) is 0 Å². The third kappa shape index (κ3) is 4.20. The molecule has 1 saturated carbocycles. The fraction of sp³-hybridized carbons (Fsp3) is 0.867. The molecule has 0 aromatic carbocycles. The zero-order valence-electron chi connectivity index (χ0n) is 12.4. The SMILES string of the molecule is COC(=O)C1CCCCN1CC(=O)NC1CCCCC1. The van der Waals surface area contributed by atoms with Gasteiger partial charge in [-0.15, -0.1) is 0 Å². The maximum Gasteiger partial charge on any atom is 0.323 e. The molecule has 1 saturated heterocycles. The Morgan fingerprint density at radius 3 is 2.50 bits per heavy atom. The first-order chi connectivity index (χ1) is 9.70. The number of carbonyl (C=O) groups excluding carboxylic acids is 2. The molecule has 0 spiro atoms. The largest absolute Gasteiger partial charge is 0.468 e. The third-order valence-corrected chi connectivity index (χ3v) is 4.40. The predicted octanol–water partition coefficient (Wildman–Crippen LogP) is 1.46. The van der Waals surface area contributed by atoms with Crippen molar-refractivity contribution in [2.75, 3.05) is 20.2 Å². The van der Waals surface area contributed by atoms with Crippen LogP contribution in [0.4, 0.5) is 0 Å². The summed E-state index contributed by atoms with van der Waals surface area (Å²) >= 11 is 0. The average molecular weight is 282 g/mol. The van der Waals surface area contributed by atoms with Crippen molar-refractivity contribution >= 4 is 11.9 Å². The molecular weight excluding hydrogens is 256 g/mol. The summed E-state index contributed by atoms with van der Waals surface area (Å²) in [6.45, 7) is 1.12. The van der Waals surface area contributed by atoms with E-state index < -0.39 is 0 Å². The number of likely N-dealkylation sites (tertiary alicyclic amines) is 1. The summed E-state index contributed by atoms with van der Waals surface area (Å²) in [6, 6.07) is 0.0865. The van der Waals surface area contributed by atoms with Crippen LogP contribution < -0.4 is 5.32 Å². The fourth-order valence-electron chi connectivity index (χ4n) is 3.29. The predicted molar refractivity (Wildman–Crippen MR) is 76.2 cm³/mol. The van der Waals surface area contributed by atoms with Gasteiger partial charge >= 0.3 is 5.97 Å². The van der Waals surface area contributed by atoms with E-state index in [1.807, 2.05) is 4.90 Å². The molecule has 1 aliphatic heterocycles. The number of hydrogen-bond acceptors (Lipinski definition) is 4. The van der Waals surface area contributed by atoms with Gasteiger partial charge in [-0.3, -0.25) is 14.5 Å². The molecule has 2 fully saturated rings. The zero-order chi connectivity index (χ0) is 14.4. The number of piperidine rings is 1. The molecule has 1 heterocycles. The Morgan fingerprint density at radius 2 is 1.80 bits per heavy atom. The van der Waals surface area contributed by atoms with Crippen LogP contribution in [0.2, 0.25) is 0 Å². The summed E-state index contributed by atoms with van der Waals surface area (Å²) in [7, 11) is 1.41. The second-order valence-electron chi connectivity index (χ2n) is 5.91.